The summed E-state index contributed by atoms with van der Waals surface area (Å²) in [6, 6.07) is 16.8. The van der Waals surface area contributed by atoms with Crippen LogP contribution in [0.3, 0.4) is 0 Å². The van der Waals surface area contributed by atoms with Gasteiger partial charge < -0.3 is 9.47 Å². The van der Waals surface area contributed by atoms with Gasteiger partial charge in [-0.15, -0.1) is 0 Å². The molecule has 0 heterocycles. The van der Waals surface area contributed by atoms with Gasteiger partial charge in [-0.1, -0.05) is 55.1 Å². The Kier molecular flexibility index (Phi) is 5.62. The Labute approximate surface area is 156 Å². The molecule has 134 valence electrons. The van der Waals surface area contributed by atoms with Crippen LogP contribution in [0.25, 0.3) is 0 Å². The lowest BCUT2D eigenvalue weighted by atomic mass is 9.66. The monoisotopic (exact) mass is 346 g/mol. The average molecular weight is 346 g/mol. The van der Waals surface area contributed by atoms with Crippen LogP contribution in [0.4, 0.5) is 0 Å². The van der Waals surface area contributed by atoms with Gasteiger partial charge in [-0.2, -0.15) is 0 Å². The van der Waals surface area contributed by atoms with Gasteiger partial charge in [-0.25, -0.2) is 0 Å². The van der Waals surface area contributed by atoms with E-state index in [0.29, 0.717) is 0 Å². The fourth-order valence-corrected chi connectivity index (χ4v) is 3.71. The van der Waals surface area contributed by atoms with Crippen LogP contribution in [0, 0.1) is 0 Å². The van der Waals surface area contributed by atoms with E-state index in [1.54, 1.807) is 14.2 Å². The normalized spacial score (nSPS) is 18.9. The summed E-state index contributed by atoms with van der Waals surface area (Å²) < 4.78 is 10.7. The van der Waals surface area contributed by atoms with E-state index in [0.717, 1.165) is 36.3 Å². The highest BCUT2D eigenvalue weighted by Crippen LogP contribution is 2.44. The Hall–Kier alpha value is -2.74. The third kappa shape index (κ3) is 3.45. The smallest absolute Gasteiger partial charge is 0.118 e. The van der Waals surface area contributed by atoms with Crippen LogP contribution < -0.4 is 9.47 Å². The van der Waals surface area contributed by atoms with Gasteiger partial charge in [0, 0.05) is 5.41 Å². The van der Waals surface area contributed by atoms with Crippen molar-refractivity contribution in [3.63, 3.8) is 0 Å². The van der Waals surface area contributed by atoms with Crippen LogP contribution in [0.2, 0.25) is 0 Å². The molecule has 3 rings (SSSR count). The highest BCUT2D eigenvalue weighted by atomic mass is 16.5. The summed E-state index contributed by atoms with van der Waals surface area (Å²) in [7, 11) is 3.39. The molecule has 2 heteroatoms. The molecule has 2 aromatic carbocycles. The summed E-state index contributed by atoms with van der Waals surface area (Å²) in [6.45, 7) is 4.47. The Morgan fingerprint density at radius 3 is 1.85 bits per heavy atom. The molecule has 0 aliphatic heterocycles. The zero-order valence-corrected chi connectivity index (χ0v) is 15.6. The van der Waals surface area contributed by atoms with E-state index in [4.69, 9.17) is 9.47 Å². The largest absolute Gasteiger partial charge is 0.497 e. The van der Waals surface area contributed by atoms with Gasteiger partial charge in [0.1, 0.15) is 11.5 Å². The molecule has 2 nitrogen and oxygen atoms in total. The molecule has 0 aromatic heterocycles. The van der Waals surface area contributed by atoms with Crippen LogP contribution in [-0.4, -0.2) is 14.2 Å². The second-order valence-electron chi connectivity index (χ2n) is 6.57. The minimum absolute atomic E-state index is 0.263. The van der Waals surface area contributed by atoms with Gasteiger partial charge in [0.25, 0.3) is 0 Å². The molecule has 0 saturated carbocycles. The predicted molar refractivity (Wildman–Crippen MR) is 108 cm³/mol. The van der Waals surface area contributed by atoms with Crippen molar-refractivity contribution in [2.75, 3.05) is 14.2 Å². The number of hydrogen-bond acceptors (Lipinski definition) is 2. The van der Waals surface area contributed by atoms with Crippen molar-refractivity contribution in [3.05, 3.63) is 96.1 Å². The Morgan fingerprint density at radius 2 is 1.35 bits per heavy atom. The lowest BCUT2D eigenvalue weighted by Gasteiger charge is -2.36. The number of methoxy groups -OCH3 is 2. The molecule has 0 N–H and O–H groups in total. The quantitative estimate of drug-likeness (QED) is 0.692. The average Bonchev–Trinajstić information content (AvgIpc) is 2.79. The minimum atomic E-state index is -0.263. The summed E-state index contributed by atoms with van der Waals surface area (Å²) in [5.74, 6) is 1.73. The van der Waals surface area contributed by atoms with E-state index in [1.165, 1.54) is 11.1 Å². The molecule has 2 aromatic rings. The van der Waals surface area contributed by atoms with Crippen molar-refractivity contribution in [3.8, 4) is 11.5 Å². The van der Waals surface area contributed by atoms with Gasteiger partial charge >= 0.3 is 0 Å². The molecule has 0 radical (unpaired) electrons. The molecule has 0 atom stereocenters. The summed E-state index contributed by atoms with van der Waals surface area (Å²) in [5, 5.41) is 0. The number of hydrogen-bond donors (Lipinski definition) is 0. The van der Waals surface area contributed by atoms with E-state index in [1.807, 2.05) is 24.3 Å². The molecule has 0 bridgehead atoms. The molecule has 0 amide bonds. The maximum atomic E-state index is 5.35. The van der Waals surface area contributed by atoms with Crippen LogP contribution in [-0.2, 0) is 5.41 Å². The minimum Gasteiger partial charge on any atom is -0.497 e. The number of ether oxygens (including phenoxy) is 2. The summed E-state index contributed by atoms with van der Waals surface area (Å²) in [5.41, 5.74) is 3.31. The topological polar surface area (TPSA) is 18.5 Å². The SMILES string of the molecule is C=C1/C=C\C=C/CCCC1(c1ccc(OC)cc1)c1ccc(OC)cc1. The van der Waals surface area contributed by atoms with Crippen LogP contribution in [0.1, 0.15) is 30.4 Å². The molecule has 1 aliphatic rings. The predicted octanol–water partition coefficient (Wildman–Crippen LogP) is 5.84. The van der Waals surface area contributed by atoms with E-state index < -0.39 is 0 Å². The Balaban J connectivity index is 2.16. The van der Waals surface area contributed by atoms with Gasteiger partial charge in [0.15, 0.2) is 0 Å². The van der Waals surface area contributed by atoms with Gasteiger partial charge in [0.05, 0.1) is 14.2 Å². The number of rotatable bonds is 4. The second kappa shape index (κ2) is 8.09. The van der Waals surface area contributed by atoms with Crippen molar-refractivity contribution < 1.29 is 9.47 Å². The van der Waals surface area contributed by atoms with E-state index in [2.05, 4.69) is 55.1 Å². The lowest BCUT2D eigenvalue weighted by Crippen LogP contribution is -2.29. The first-order chi connectivity index (χ1) is 12.7. The molecular formula is C24H26O2. The van der Waals surface area contributed by atoms with Gasteiger partial charge in [-0.05, 0) is 60.2 Å². The molecule has 1 aliphatic carbocycles. The molecule has 0 fully saturated rings. The Bertz CT molecular complexity index is 748. The summed E-state index contributed by atoms with van der Waals surface area (Å²) >= 11 is 0. The number of allylic oxidation sites excluding steroid dienone is 5. The van der Waals surface area contributed by atoms with Crippen molar-refractivity contribution in [1.29, 1.82) is 0 Å². The maximum absolute atomic E-state index is 5.35. The lowest BCUT2D eigenvalue weighted by molar-refractivity contribution is 0.413. The fraction of sp³-hybridized carbons (Fsp3) is 0.250. The van der Waals surface area contributed by atoms with E-state index in [9.17, 15) is 0 Å². The second-order valence-corrected chi connectivity index (χ2v) is 6.57. The Morgan fingerprint density at radius 1 is 0.808 bits per heavy atom. The number of benzene rings is 2. The zero-order valence-electron chi connectivity index (χ0n) is 15.6. The molecule has 26 heavy (non-hydrogen) atoms. The van der Waals surface area contributed by atoms with Crippen molar-refractivity contribution in [2.24, 2.45) is 0 Å². The molecular weight excluding hydrogens is 320 g/mol. The standard InChI is InChI=1S/C24H26O2/c1-19-9-7-5-4-6-8-18-24(19,20-10-14-22(25-2)15-11-20)21-12-16-23(26-3)17-13-21/h4-5,7,9-17H,1,6,8,18H2,2-3H3/b5-4-,9-7-. The van der Waals surface area contributed by atoms with Crippen molar-refractivity contribution in [1.82, 2.24) is 0 Å². The van der Waals surface area contributed by atoms with Crippen LogP contribution in [0.5, 0.6) is 11.5 Å². The maximum Gasteiger partial charge on any atom is 0.118 e. The highest BCUT2D eigenvalue weighted by molar-refractivity contribution is 5.53. The first-order valence-electron chi connectivity index (χ1n) is 9.02. The van der Waals surface area contributed by atoms with E-state index >= 15 is 0 Å². The molecule has 0 saturated heterocycles. The third-order valence-electron chi connectivity index (χ3n) is 5.18. The van der Waals surface area contributed by atoms with Gasteiger partial charge in [0.2, 0.25) is 0 Å². The first kappa shape index (κ1) is 18.1. The summed E-state index contributed by atoms with van der Waals surface area (Å²) in [4.78, 5) is 0. The summed E-state index contributed by atoms with van der Waals surface area (Å²) in [6.07, 6.45) is 11.7. The molecule has 0 unspecified atom stereocenters. The fourth-order valence-electron chi connectivity index (χ4n) is 3.71. The van der Waals surface area contributed by atoms with E-state index in [-0.39, 0.29) is 5.41 Å². The molecule has 0 spiro atoms. The zero-order chi connectivity index (χ0) is 18.4. The first-order valence-corrected chi connectivity index (χ1v) is 9.02. The highest BCUT2D eigenvalue weighted by Gasteiger charge is 2.36. The van der Waals surface area contributed by atoms with Crippen LogP contribution in [0.15, 0.2) is 85.0 Å². The van der Waals surface area contributed by atoms with Crippen molar-refractivity contribution in [2.45, 2.75) is 24.7 Å². The van der Waals surface area contributed by atoms with Crippen LogP contribution >= 0.6 is 0 Å². The third-order valence-corrected chi connectivity index (χ3v) is 5.18. The van der Waals surface area contributed by atoms with Crippen molar-refractivity contribution >= 4 is 0 Å². The van der Waals surface area contributed by atoms with Gasteiger partial charge in [-0.3, -0.25) is 0 Å².